The summed E-state index contributed by atoms with van der Waals surface area (Å²) < 4.78 is 39.8. The van der Waals surface area contributed by atoms with Gasteiger partial charge in [-0.25, -0.2) is 4.98 Å². The Balaban J connectivity index is 1.45. The van der Waals surface area contributed by atoms with Gasteiger partial charge in [0.05, 0.1) is 17.2 Å². The number of piperidine rings is 1. The smallest absolute Gasteiger partial charge is 0.310 e. The Kier molecular flexibility index (Phi) is 6.27. The highest BCUT2D eigenvalue weighted by Gasteiger charge is 2.31. The summed E-state index contributed by atoms with van der Waals surface area (Å²) >= 11 is 0. The molecule has 0 bridgehead atoms. The van der Waals surface area contributed by atoms with Crippen LogP contribution in [0.25, 0.3) is 5.82 Å². The summed E-state index contributed by atoms with van der Waals surface area (Å²) in [4.78, 5) is 19.2. The van der Waals surface area contributed by atoms with Crippen LogP contribution in [0, 0.1) is 12.8 Å². The summed E-state index contributed by atoms with van der Waals surface area (Å²) in [7, 11) is 0. The Hall–Kier alpha value is -3.20. The van der Waals surface area contributed by atoms with E-state index >= 15 is 0 Å². The van der Waals surface area contributed by atoms with Crippen LogP contribution in [0.3, 0.4) is 0 Å². The summed E-state index contributed by atoms with van der Waals surface area (Å²) in [5.74, 6) is 0.281. The Bertz CT molecular complexity index is 1060. The number of hydrogen-bond acceptors (Lipinski definition) is 4. The number of hydrogen-bond donors (Lipinski definition) is 1. The number of carbonyl (C=O) groups excluding carboxylic acids is 1. The van der Waals surface area contributed by atoms with Crippen LogP contribution in [0.4, 0.5) is 19.0 Å². The number of rotatable bonds is 5. The van der Waals surface area contributed by atoms with E-state index in [2.05, 4.69) is 32.4 Å². The molecule has 0 aliphatic carbocycles. The number of aryl methyl sites for hydroxylation is 1. The van der Waals surface area contributed by atoms with Crippen molar-refractivity contribution in [3.63, 3.8) is 0 Å². The highest BCUT2D eigenvalue weighted by Crippen LogP contribution is 2.29. The number of alkyl halides is 3. The lowest BCUT2D eigenvalue weighted by molar-refractivity contribution is -0.137. The first kappa shape index (κ1) is 22.0. The van der Waals surface area contributed by atoms with Gasteiger partial charge in [-0.2, -0.15) is 23.0 Å². The minimum absolute atomic E-state index is 0.129. The van der Waals surface area contributed by atoms with Crippen molar-refractivity contribution in [3.05, 3.63) is 71.5 Å². The number of likely N-dealkylation sites (tertiary alicyclic amines) is 1. The molecule has 1 atom stereocenters. The third-order valence-electron chi connectivity index (χ3n) is 5.50. The minimum Gasteiger partial charge on any atom is -0.310 e. The number of halogens is 3. The maximum absolute atomic E-state index is 13.0. The lowest BCUT2D eigenvalue weighted by Gasteiger charge is -2.32. The van der Waals surface area contributed by atoms with E-state index in [0.29, 0.717) is 18.1 Å². The molecular weight excluding hydrogens is 419 g/mol. The lowest BCUT2D eigenvalue weighted by Crippen LogP contribution is -2.40. The van der Waals surface area contributed by atoms with E-state index in [-0.39, 0.29) is 17.6 Å². The molecule has 168 valence electrons. The van der Waals surface area contributed by atoms with Crippen LogP contribution in [0.5, 0.6) is 0 Å². The second kappa shape index (κ2) is 9.12. The third-order valence-corrected chi connectivity index (χ3v) is 5.50. The van der Waals surface area contributed by atoms with Crippen LogP contribution in [-0.2, 0) is 17.5 Å². The van der Waals surface area contributed by atoms with Crippen LogP contribution in [0.2, 0.25) is 0 Å². The maximum Gasteiger partial charge on any atom is 0.417 e. The number of amides is 1. The van der Waals surface area contributed by atoms with Gasteiger partial charge in [-0.15, -0.1) is 0 Å². The van der Waals surface area contributed by atoms with Gasteiger partial charge in [-0.05, 0) is 44.0 Å². The zero-order valence-electron chi connectivity index (χ0n) is 17.6. The predicted molar refractivity (Wildman–Crippen MR) is 114 cm³/mol. The molecule has 1 aliphatic heterocycles. The van der Waals surface area contributed by atoms with E-state index in [0.717, 1.165) is 38.2 Å². The first-order valence-corrected chi connectivity index (χ1v) is 10.5. The maximum atomic E-state index is 13.0. The third kappa shape index (κ3) is 5.16. The van der Waals surface area contributed by atoms with Gasteiger partial charge in [-0.1, -0.05) is 30.3 Å². The zero-order valence-corrected chi connectivity index (χ0v) is 17.6. The molecule has 32 heavy (non-hydrogen) atoms. The van der Waals surface area contributed by atoms with Gasteiger partial charge < -0.3 is 5.32 Å². The van der Waals surface area contributed by atoms with Crippen molar-refractivity contribution in [2.75, 3.05) is 18.4 Å². The van der Waals surface area contributed by atoms with E-state index in [4.69, 9.17) is 0 Å². The first-order chi connectivity index (χ1) is 15.3. The van der Waals surface area contributed by atoms with Gasteiger partial charge in [0.2, 0.25) is 5.91 Å². The van der Waals surface area contributed by atoms with E-state index < -0.39 is 11.7 Å². The fraction of sp³-hybridized carbons (Fsp3) is 0.348. The number of anilines is 1. The highest BCUT2D eigenvalue weighted by atomic mass is 19.4. The Labute approximate surface area is 184 Å². The standard InChI is InChI=1S/C23H24F3N5O/c1-16-12-21(31(29-16)20-10-9-19(13-27-20)23(24,25)26)28-22(32)18-8-5-11-30(15-18)14-17-6-3-2-4-7-17/h2-4,6-7,9-10,12-13,18H,5,8,11,14-15H2,1H3,(H,28,32). The summed E-state index contributed by atoms with van der Waals surface area (Å²) in [6, 6.07) is 14.0. The number of benzene rings is 1. The molecule has 9 heteroatoms. The van der Waals surface area contributed by atoms with Crippen molar-refractivity contribution < 1.29 is 18.0 Å². The Morgan fingerprint density at radius 3 is 2.66 bits per heavy atom. The zero-order chi connectivity index (χ0) is 22.7. The van der Waals surface area contributed by atoms with Crippen LogP contribution in [-0.4, -0.2) is 38.7 Å². The van der Waals surface area contributed by atoms with Crippen LogP contribution < -0.4 is 5.32 Å². The number of pyridine rings is 1. The molecule has 0 radical (unpaired) electrons. The second-order valence-electron chi connectivity index (χ2n) is 8.03. The molecule has 1 unspecified atom stereocenters. The Morgan fingerprint density at radius 2 is 1.97 bits per heavy atom. The molecule has 3 heterocycles. The molecule has 6 nitrogen and oxygen atoms in total. The molecule has 1 saturated heterocycles. The first-order valence-electron chi connectivity index (χ1n) is 10.5. The molecule has 1 aliphatic rings. The molecule has 0 spiro atoms. The second-order valence-corrected chi connectivity index (χ2v) is 8.03. The fourth-order valence-electron chi connectivity index (χ4n) is 3.93. The molecule has 1 aromatic carbocycles. The molecular formula is C23H24F3N5O. The van der Waals surface area contributed by atoms with E-state index in [1.165, 1.54) is 16.3 Å². The monoisotopic (exact) mass is 443 g/mol. The van der Waals surface area contributed by atoms with Crippen LogP contribution in [0.15, 0.2) is 54.7 Å². The molecule has 0 saturated carbocycles. The quantitative estimate of drug-likeness (QED) is 0.633. The molecule has 1 N–H and O–H groups in total. The topological polar surface area (TPSA) is 63.1 Å². The van der Waals surface area contributed by atoms with E-state index in [1.807, 2.05) is 18.2 Å². The summed E-state index contributed by atoms with van der Waals surface area (Å²) in [6.45, 7) is 4.12. The molecule has 2 aromatic heterocycles. The van der Waals surface area contributed by atoms with Crippen molar-refractivity contribution in [2.24, 2.45) is 5.92 Å². The van der Waals surface area contributed by atoms with E-state index in [9.17, 15) is 18.0 Å². The van der Waals surface area contributed by atoms with Crippen molar-refractivity contribution in [1.29, 1.82) is 0 Å². The number of aromatic nitrogens is 3. The lowest BCUT2D eigenvalue weighted by atomic mass is 9.96. The predicted octanol–water partition coefficient (Wildman–Crippen LogP) is 4.45. The molecule has 4 rings (SSSR count). The van der Waals surface area contributed by atoms with Gasteiger partial charge in [0.15, 0.2) is 5.82 Å². The number of carbonyl (C=O) groups is 1. The highest BCUT2D eigenvalue weighted by molar-refractivity contribution is 5.92. The summed E-state index contributed by atoms with van der Waals surface area (Å²) in [5.41, 5.74) is 0.989. The van der Waals surface area contributed by atoms with Gasteiger partial charge in [0.25, 0.3) is 0 Å². The fourth-order valence-corrected chi connectivity index (χ4v) is 3.93. The minimum atomic E-state index is -4.46. The van der Waals surface area contributed by atoms with Crippen molar-refractivity contribution in [3.8, 4) is 5.82 Å². The van der Waals surface area contributed by atoms with E-state index in [1.54, 1.807) is 13.0 Å². The van der Waals surface area contributed by atoms with Gasteiger partial charge in [-0.3, -0.25) is 9.69 Å². The molecule has 1 amide bonds. The summed E-state index contributed by atoms with van der Waals surface area (Å²) in [6.07, 6.45) is -2.00. The summed E-state index contributed by atoms with van der Waals surface area (Å²) in [5, 5.41) is 7.19. The van der Waals surface area contributed by atoms with Crippen molar-refractivity contribution in [1.82, 2.24) is 19.7 Å². The van der Waals surface area contributed by atoms with Gasteiger partial charge in [0, 0.05) is 25.4 Å². The average molecular weight is 443 g/mol. The van der Waals surface area contributed by atoms with Crippen molar-refractivity contribution >= 4 is 11.7 Å². The largest absolute Gasteiger partial charge is 0.417 e. The Morgan fingerprint density at radius 1 is 1.19 bits per heavy atom. The molecule has 1 fully saturated rings. The SMILES string of the molecule is Cc1cc(NC(=O)C2CCCN(Cc3ccccc3)C2)n(-c2ccc(C(F)(F)F)cn2)n1. The van der Waals surface area contributed by atoms with Crippen LogP contribution >= 0.6 is 0 Å². The number of nitrogens with zero attached hydrogens (tertiary/aromatic N) is 4. The normalized spacial score (nSPS) is 17.3. The van der Waals surface area contributed by atoms with Crippen LogP contribution in [0.1, 0.15) is 29.7 Å². The number of nitrogens with one attached hydrogen (secondary N) is 1. The van der Waals surface area contributed by atoms with Gasteiger partial charge >= 0.3 is 6.18 Å². The van der Waals surface area contributed by atoms with Gasteiger partial charge in [0.1, 0.15) is 5.82 Å². The van der Waals surface area contributed by atoms with Crippen molar-refractivity contribution in [2.45, 2.75) is 32.5 Å². The average Bonchev–Trinajstić information content (AvgIpc) is 3.14. The molecule has 3 aromatic rings.